The molecule has 0 spiro atoms. The number of rotatable bonds is 2. The predicted octanol–water partition coefficient (Wildman–Crippen LogP) is 1.58. The molecule has 2 aliphatic rings. The summed E-state index contributed by atoms with van der Waals surface area (Å²) in [6.45, 7) is 8.38. The van der Waals surface area contributed by atoms with Crippen LogP contribution in [0.4, 0.5) is 0 Å². The Morgan fingerprint density at radius 2 is 2.13 bits per heavy atom. The van der Waals surface area contributed by atoms with Crippen molar-refractivity contribution in [1.82, 2.24) is 10.2 Å². The van der Waals surface area contributed by atoms with Gasteiger partial charge in [-0.05, 0) is 36.6 Å². The van der Waals surface area contributed by atoms with Gasteiger partial charge in [0.1, 0.15) is 5.58 Å². The topological polar surface area (TPSA) is 54.7 Å². The summed E-state index contributed by atoms with van der Waals surface area (Å²) in [7, 11) is 0. The van der Waals surface area contributed by atoms with Gasteiger partial charge in [-0.3, -0.25) is 4.90 Å². The van der Waals surface area contributed by atoms with Gasteiger partial charge in [0.05, 0.1) is 12.7 Å². The first-order valence-electron chi connectivity index (χ1n) is 8.21. The number of aryl methyl sites for hydroxylation is 2. The van der Waals surface area contributed by atoms with Gasteiger partial charge < -0.3 is 14.5 Å². The largest absolute Gasteiger partial charge is 0.422 e. The van der Waals surface area contributed by atoms with E-state index in [0.717, 1.165) is 49.3 Å². The summed E-state index contributed by atoms with van der Waals surface area (Å²) < 4.78 is 11.3. The normalized spacial score (nSPS) is 25.0. The Balaban J connectivity index is 1.67. The number of ether oxygens (including phenoxy) is 1. The molecular weight excluding hydrogens is 292 g/mol. The van der Waals surface area contributed by atoms with Crippen molar-refractivity contribution in [2.75, 3.05) is 26.2 Å². The van der Waals surface area contributed by atoms with Gasteiger partial charge in [-0.25, -0.2) is 4.79 Å². The molecule has 4 rings (SSSR count). The van der Waals surface area contributed by atoms with Crippen LogP contribution in [0.2, 0.25) is 0 Å². The third-order valence-corrected chi connectivity index (χ3v) is 4.84. The molecule has 2 fully saturated rings. The third-order valence-electron chi connectivity index (χ3n) is 4.84. The van der Waals surface area contributed by atoms with E-state index in [1.807, 2.05) is 6.92 Å². The summed E-state index contributed by atoms with van der Waals surface area (Å²) in [5.41, 5.74) is 3.68. The Hall–Kier alpha value is -1.69. The van der Waals surface area contributed by atoms with Crippen molar-refractivity contribution in [2.24, 2.45) is 0 Å². The minimum absolute atomic E-state index is 0.263. The number of nitrogens with zero attached hydrogens (tertiary/aromatic N) is 1. The van der Waals surface area contributed by atoms with E-state index in [4.69, 9.17) is 9.15 Å². The lowest BCUT2D eigenvalue weighted by molar-refractivity contribution is 0.0175. The number of morpholine rings is 1. The smallest absolute Gasteiger partial charge is 0.336 e. The number of likely N-dealkylation sites (tertiary alicyclic amines) is 1. The number of fused-ring (bicyclic) bond motifs is 2. The van der Waals surface area contributed by atoms with Gasteiger partial charge in [0.15, 0.2) is 0 Å². The van der Waals surface area contributed by atoms with Crippen LogP contribution in [0.15, 0.2) is 27.4 Å². The van der Waals surface area contributed by atoms with Crippen molar-refractivity contribution in [1.29, 1.82) is 0 Å². The van der Waals surface area contributed by atoms with Gasteiger partial charge in [-0.1, -0.05) is 6.07 Å². The molecule has 2 aromatic rings. The molecule has 0 bridgehead atoms. The molecule has 0 saturated carbocycles. The van der Waals surface area contributed by atoms with Gasteiger partial charge >= 0.3 is 5.63 Å². The Morgan fingerprint density at radius 1 is 1.26 bits per heavy atom. The molecule has 3 heterocycles. The van der Waals surface area contributed by atoms with E-state index in [9.17, 15) is 4.79 Å². The average Bonchev–Trinajstić information content (AvgIpc) is 2.90. The minimum Gasteiger partial charge on any atom is -0.422 e. The van der Waals surface area contributed by atoms with Crippen LogP contribution in [-0.2, 0) is 11.3 Å². The molecule has 1 aromatic heterocycles. The maximum atomic E-state index is 11.9. The lowest BCUT2D eigenvalue weighted by Gasteiger charge is -2.25. The second-order valence-corrected chi connectivity index (χ2v) is 6.71. The van der Waals surface area contributed by atoms with Crippen LogP contribution in [0.1, 0.15) is 16.7 Å². The van der Waals surface area contributed by atoms with Crippen molar-refractivity contribution in [3.8, 4) is 0 Å². The highest BCUT2D eigenvalue weighted by Gasteiger charge is 2.35. The van der Waals surface area contributed by atoms with Crippen LogP contribution in [0.5, 0.6) is 0 Å². The average molecular weight is 314 g/mol. The standard InChI is InChI=1S/C18H22N2O3/c1-11-5-12(2)18-14(6-11)13(7-17(21)23-18)8-20-9-15-16(10-20)22-4-3-19-15/h5-7,15-16,19H,3-4,8-10H2,1-2H3/t15-,16-/m0/s1. The van der Waals surface area contributed by atoms with E-state index >= 15 is 0 Å². The van der Waals surface area contributed by atoms with Crippen LogP contribution in [-0.4, -0.2) is 43.3 Å². The van der Waals surface area contributed by atoms with E-state index in [1.54, 1.807) is 6.07 Å². The molecular formula is C18H22N2O3. The third kappa shape index (κ3) is 2.80. The fourth-order valence-corrected chi connectivity index (χ4v) is 3.85. The molecule has 5 heteroatoms. The zero-order valence-electron chi connectivity index (χ0n) is 13.6. The SMILES string of the molecule is Cc1cc(C)c2oc(=O)cc(CN3C[C@@H]4NCCO[C@H]4C3)c2c1. The summed E-state index contributed by atoms with van der Waals surface area (Å²) in [6.07, 6.45) is 0.263. The number of hydrogen-bond donors (Lipinski definition) is 1. The molecule has 2 aliphatic heterocycles. The molecule has 23 heavy (non-hydrogen) atoms. The Bertz CT molecular complexity index is 785. The van der Waals surface area contributed by atoms with Crippen LogP contribution in [0.3, 0.4) is 0 Å². The highest BCUT2D eigenvalue weighted by Crippen LogP contribution is 2.25. The summed E-state index contributed by atoms with van der Waals surface area (Å²) >= 11 is 0. The van der Waals surface area contributed by atoms with E-state index in [1.165, 1.54) is 5.56 Å². The Morgan fingerprint density at radius 3 is 2.96 bits per heavy atom. The molecule has 1 aromatic carbocycles. The lowest BCUT2D eigenvalue weighted by atomic mass is 10.0. The highest BCUT2D eigenvalue weighted by atomic mass is 16.5. The van der Waals surface area contributed by atoms with Crippen LogP contribution in [0, 0.1) is 13.8 Å². The molecule has 1 N–H and O–H groups in total. The second-order valence-electron chi connectivity index (χ2n) is 6.71. The molecule has 0 aliphatic carbocycles. The van der Waals surface area contributed by atoms with Crippen molar-refractivity contribution >= 4 is 11.0 Å². The summed E-state index contributed by atoms with van der Waals surface area (Å²) in [5.74, 6) is 0. The quantitative estimate of drug-likeness (QED) is 0.853. The van der Waals surface area contributed by atoms with E-state index in [-0.39, 0.29) is 11.7 Å². The van der Waals surface area contributed by atoms with Gasteiger partial charge in [-0.15, -0.1) is 0 Å². The molecule has 0 amide bonds. The van der Waals surface area contributed by atoms with Crippen molar-refractivity contribution in [2.45, 2.75) is 32.5 Å². The Labute approximate surface area is 135 Å². The van der Waals surface area contributed by atoms with E-state index in [2.05, 4.69) is 29.3 Å². The molecule has 2 atom stereocenters. The number of hydrogen-bond acceptors (Lipinski definition) is 5. The maximum Gasteiger partial charge on any atom is 0.336 e. The van der Waals surface area contributed by atoms with Gasteiger partial charge in [0.2, 0.25) is 0 Å². The van der Waals surface area contributed by atoms with Gasteiger partial charge in [0.25, 0.3) is 0 Å². The monoisotopic (exact) mass is 314 g/mol. The van der Waals surface area contributed by atoms with Crippen LogP contribution < -0.4 is 10.9 Å². The highest BCUT2D eigenvalue weighted by molar-refractivity contribution is 5.83. The zero-order chi connectivity index (χ0) is 16.0. The van der Waals surface area contributed by atoms with Crippen molar-refractivity contribution in [3.63, 3.8) is 0 Å². The van der Waals surface area contributed by atoms with Crippen LogP contribution >= 0.6 is 0 Å². The number of benzene rings is 1. The maximum absolute atomic E-state index is 11.9. The molecule has 0 unspecified atom stereocenters. The summed E-state index contributed by atoms with van der Waals surface area (Å²) in [6, 6.07) is 6.20. The van der Waals surface area contributed by atoms with Gasteiger partial charge in [-0.2, -0.15) is 0 Å². The molecule has 2 saturated heterocycles. The summed E-state index contributed by atoms with van der Waals surface area (Å²) in [5, 5.41) is 4.56. The second kappa shape index (κ2) is 5.74. The molecule has 0 radical (unpaired) electrons. The fourth-order valence-electron chi connectivity index (χ4n) is 3.85. The fraction of sp³-hybridized carbons (Fsp3) is 0.500. The lowest BCUT2D eigenvalue weighted by Crippen LogP contribution is -2.47. The molecule has 5 nitrogen and oxygen atoms in total. The first kappa shape index (κ1) is 14.9. The van der Waals surface area contributed by atoms with Gasteiger partial charge in [0, 0.05) is 43.7 Å². The minimum atomic E-state index is -0.273. The first-order valence-corrected chi connectivity index (χ1v) is 8.21. The number of nitrogens with one attached hydrogen (secondary N) is 1. The Kier molecular flexibility index (Phi) is 3.71. The van der Waals surface area contributed by atoms with E-state index in [0.29, 0.717) is 11.6 Å². The zero-order valence-corrected chi connectivity index (χ0v) is 13.6. The molecule has 122 valence electrons. The predicted molar refractivity (Wildman–Crippen MR) is 88.8 cm³/mol. The van der Waals surface area contributed by atoms with Crippen LogP contribution in [0.25, 0.3) is 11.0 Å². The van der Waals surface area contributed by atoms with Crippen molar-refractivity contribution in [3.05, 3.63) is 45.3 Å². The van der Waals surface area contributed by atoms with Crippen molar-refractivity contribution < 1.29 is 9.15 Å². The first-order chi connectivity index (χ1) is 11.1. The summed E-state index contributed by atoms with van der Waals surface area (Å²) in [4.78, 5) is 14.3. The van der Waals surface area contributed by atoms with E-state index < -0.39 is 0 Å².